The van der Waals surface area contributed by atoms with E-state index in [1.165, 1.54) is 0 Å². The zero-order valence-electron chi connectivity index (χ0n) is 14.1. The van der Waals surface area contributed by atoms with Crippen LogP contribution in [0.5, 0.6) is 0 Å². The first-order valence-corrected chi connectivity index (χ1v) is 8.28. The van der Waals surface area contributed by atoms with Crippen molar-refractivity contribution in [1.82, 2.24) is 15.1 Å². The Kier molecular flexibility index (Phi) is 6.79. The third-order valence-electron chi connectivity index (χ3n) is 4.18. The minimum Gasteiger partial charge on any atom is -0.374 e. The number of rotatable bonds is 6. The smallest absolute Gasteiger partial charge is 0.263 e. The molecule has 0 saturated carbocycles. The second kappa shape index (κ2) is 9.06. The number of carbonyl (C=O) groups excluding carboxylic acids is 1. The number of benzene rings is 1. The van der Waals surface area contributed by atoms with Crippen molar-refractivity contribution in [3.63, 3.8) is 0 Å². The van der Waals surface area contributed by atoms with Gasteiger partial charge in [0.25, 0.3) is 5.91 Å². The van der Waals surface area contributed by atoms with Gasteiger partial charge in [-0.25, -0.2) is 0 Å². The Morgan fingerprint density at radius 1 is 1.33 bits per heavy atom. The van der Waals surface area contributed by atoms with Crippen molar-refractivity contribution < 1.29 is 4.79 Å². The van der Waals surface area contributed by atoms with Gasteiger partial charge in [-0.3, -0.25) is 9.69 Å². The molecule has 1 aliphatic rings. The van der Waals surface area contributed by atoms with Crippen LogP contribution in [-0.2, 0) is 4.79 Å². The third-order valence-corrected chi connectivity index (χ3v) is 4.18. The van der Waals surface area contributed by atoms with Crippen molar-refractivity contribution in [3.05, 3.63) is 47.7 Å². The van der Waals surface area contributed by atoms with E-state index in [0.29, 0.717) is 6.54 Å². The normalized spacial score (nSPS) is 17.2. The molecule has 1 aliphatic heterocycles. The van der Waals surface area contributed by atoms with Crippen molar-refractivity contribution >= 4 is 5.91 Å². The maximum atomic E-state index is 12.3. The molecule has 1 aromatic carbocycles. The molecule has 128 valence electrons. The summed E-state index contributed by atoms with van der Waals surface area (Å²) < 4.78 is 0. The summed E-state index contributed by atoms with van der Waals surface area (Å²) in [6, 6.07) is 11.6. The summed E-state index contributed by atoms with van der Waals surface area (Å²) in [7, 11) is 0. The number of hydrogen-bond acceptors (Lipinski definition) is 5. The lowest BCUT2D eigenvalue weighted by Gasteiger charge is -2.33. The van der Waals surface area contributed by atoms with E-state index >= 15 is 0 Å². The van der Waals surface area contributed by atoms with E-state index in [2.05, 4.69) is 10.2 Å². The highest BCUT2D eigenvalue weighted by molar-refractivity contribution is 5.97. The molecule has 1 atom stereocenters. The number of nitrogens with zero attached hydrogens (tertiary/aromatic N) is 3. The van der Waals surface area contributed by atoms with Gasteiger partial charge in [0.2, 0.25) is 0 Å². The van der Waals surface area contributed by atoms with Gasteiger partial charge in [-0.2, -0.15) is 5.26 Å². The minimum atomic E-state index is -0.335. The lowest BCUT2D eigenvalue weighted by atomic mass is 10.1. The predicted octanol–water partition coefficient (Wildman–Crippen LogP) is 0.848. The molecule has 1 unspecified atom stereocenters. The minimum absolute atomic E-state index is 0.142. The Morgan fingerprint density at radius 3 is 2.58 bits per heavy atom. The Hall–Kier alpha value is -2.36. The summed E-state index contributed by atoms with van der Waals surface area (Å²) in [5, 5.41) is 12.2. The van der Waals surface area contributed by atoms with Crippen LogP contribution in [0, 0.1) is 11.3 Å². The lowest BCUT2D eigenvalue weighted by Crippen LogP contribution is -2.46. The second-order valence-corrected chi connectivity index (χ2v) is 5.93. The first kappa shape index (κ1) is 18.0. The average molecular weight is 327 g/mol. The van der Waals surface area contributed by atoms with E-state index in [9.17, 15) is 10.1 Å². The van der Waals surface area contributed by atoms with E-state index in [1.807, 2.05) is 48.2 Å². The summed E-state index contributed by atoms with van der Waals surface area (Å²) in [6.45, 7) is 6.84. The fourth-order valence-electron chi connectivity index (χ4n) is 2.72. The SMILES string of the molecule is CC(NC(=O)/C(C#N)=C\N1CCN(CCN)CC1)c1ccccc1. The van der Waals surface area contributed by atoms with Crippen molar-refractivity contribution in [2.45, 2.75) is 13.0 Å². The number of piperazine rings is 1. The van der Waals surface area contributed by atoms with Crippen molar-refractivity contribution in [2.24, 2.45) is 5.73 Å². The lowest BCUT2D eigenvalue weighted by molar-refractivity contribution is -0.117. The molecule has 3 N–H and O–H groups in total. The molecule has 6 heteroatoms. The summed E-state index contributed by atoms with van der Waals surface area (Å²) in [6.07, 6.45) is 1.67. The van der Waals surface area contributed by atoms with Gasteiger partial charge in [0.15, 0.2) is 0 Å². The van der Waals surface area contributed by atoms with E-state index in [1.54, 1.807) is 6.20 Å². The van der Waals surface area contributed by atoms with Gasteiger partial charge in [-0.1, -0.05) is 30.3 Å². The highest BCUT2D eigenvalue weighted by Crippen LogP contribution is 2.12. The van der Waals surface area contributed by atoms with Crippen LogP contribution in [0.1, 0.15) is 18.5 Å². The predicted molar refractivity (Wildman–Crippen MR) is 93.8 cm³/mol. The number of nitrogens with two attached hydrogens (primary N) is 1. The number of hydrogen-bond donors (Lipinski definition) is 2. The molecule has 0 radical (unpaired) electrons. The molecule has 0 aromatic heterocycles. The zero-order valence-corrected chi connectivity index (χ0v) is 14.1. The Bertz CT molecular complexity index is 600. The van der Waals surface area contributed by atoms with Gasteiger partial charge in [0.05, 0.1) is 6.04 Å². The second-order valence-electron chi connectivity index (χ2n) is 5.93. The Morgan fingerprint density at radius 2 is 2.00 bits per heavy atom. The molecule has 1 aromatic rings. The van der Waals surface area contributed by atoms with Crippen LogP contribution in [0.2, 0.25) is 0 Å². The number of nitriles is 1. The van der Waals surface area contributed by atoms with E-state index in [0.717, 1.165) is 38.3 Å². The van der Waals surface area contributed by atoms with E-state index in [-0.39, 0.29) is 17.5 Å². The van der Waals surface area contributed by atoms with Crippen LogP contribution in [0.3, 0.4) is 0 Å². The number of amides is 1. The van der Waals surface area contributed by atoms with Crippen LogP contribution in [0.15, 0.2) is 42.1 Å². The summed E-state index contributed by atoms with van der Waals surface area (Å²) in [4.78, 5) is 16.7. The molecule has 6 nitrogen and oxygen atoms in total. The summed E-state index contributed by atoms with van der Waals surface area (Å²) in [5.74, 6) is -0.335. The third kappa shape index (κ3) is 5.08. The van der Waals surface area contributed by atoms with Gasteiger partial charge in [-0.15, -0.1) is 0 Å². The largest absolute Gasteiger partial charge is 0.374 e. The molecule has 1 heterocycles. The summed E-state index contributed by atoms with van der Waals surface area (Å²) in [5.41, 5.74) is 6.72. The maximum Gasteiger partial charge on any atom is 0.263 e. The fraction of sp³-hybridized carbons (Fsp3) is 0.444. The average Bonchev–Trinajstić information content (AvgIpc) is 2.62. The van der Waals surface area contributed by atoms with Crippen molar-refractivity contribution in [2.75, 3.05) is 39.3 Å². The van der Waals surface area contributed by atoms with Gasteiger partial charge in [0, 0.05) is 45.5 Å². The topological polar surface area (TPSA) is 85.4 Å². The molecule has 1 fully saturated rings. The van der Waals surface area contributed by atoms with Crippen molar-refractivity contribution in [3.8, 4) is 6.07 Å². The standard InChI is InChI=1S/C18H25N5O/c1-15(16-5-3-2-4-6-16)21-18(24)17(13-20)14-23-11-9-22(8-7-19)10-12-23/h2-6,14-15H,7-12,19H2,1H3,(H,21,24)/b17-14-. The maximum absolute atomic E-state index is 12.3. The van der Waals surface area contributed by atoms with Gasteiger partial charge < -0.3 is 16.0 Å². The first-order chi connectivity index (χ1) is 11.6. The van der Waals surface area contributed by atoms with Crippen LogP contribution in [0.4, 0.5) is 0 Å². The van der Waals surface area contributed by atoms with Gasteiger partial charge in [-0.05, 0) is 12.5 Å². The molecule has 0 bridgehead atoms. The molecular weight excluding hydrogens is 302 g/mol. The monoisotopic (exact) mass is 327 g/mol. The molecule has 1 saturated heterocycles. The number of nitrogens with one attached hydrogen (secondary N) is 1. The van der Waals surface area contributed by atoms with E-state index < -0.39 is 0 Å². The molecule has 1 amide bonds. The van der Waals surface area contributed by atoms with Gasteiger partial charge >= 0.3 is 0 Å². The quantitative estimate of drug-likeness (QED) is 0.597. The van der Waals surface area contributed by atoms with Gasteiger partial charge in [0.1, 0.15) is 11.6 Å². The van der Waals surface area contributed by atoms with Crippen LogP contribution >= 0.6 is 0 Å². The molecule has 2 rings (SSSR count). The summed E-state index contributed by atoms with van der Waals surface area (Å²) >= 11 is 0. The molecular formula is C18H25N5O. The van der Waals surface area contributed by atoms with Crippen LogP contribution in [0.25, 0.3) is 0 Å². The van der Waals surface area contributed by atoms with Crippen LogP contribution in [-0.4, -0.2) is 55.0 Å². The first-order valence-electron chi connectivity index (χ1n) is 8.28. The molecule has 0 spiro atoms. The Balaban J connectivity index is 1.93. The van der Waals surface area contributed by atoms with Crippen LogP contribution < -0.4 is 11.1 Å². The molecule has 24 heavy (non-hydrogen) atoms. The van der Waals surface area contributed by atoms with E-state index in [4.69, 9.17) is 5.73 Å². The highest BCUT2D eigenvalue weighted by atomic mass is 16.1. The highest BCUT2D eigenvalue weighted by Gasteiger charge is 2.18. The van der Waals surface area contributed by atoms with Crippen molar-refractivity contribution in [1.29, 1.82) is 5.26 Å². The zero-order chi connectivity index (χ0) is 17.4. The molecule has 0 aliphatic carbocycles. The Labute approximate surface area is 143 Å². The fourth-order valence-corrected chi connectivity index (χ4v) is 2.72. The number of carbonyl (C=O) groups is 1.